The average molecular weight is 393 g/mol. The van der Waals surface area contributed by atoms with Crippen LogP contribution in [0.2, 0.25) is 0 Å². The number of rotatable bonds is 6. The molecule has 0 spiro atoms. The maximum atomic E-state index is 12.3. The van der Waals surface area contributed by atoms with Crippen LogP contribution in [0.5, 0.6) is 11.5 Å². The molecule has 2 aromatic carbocycles. The minimum absolute atomic E-state index is 0.132. The molecule has 6 nitrogen and oxygen atoms in total. The summed E-state index contributed by atoms with van der Waals surface area (Å²) in [4.78, 5) is 16.9. The van der Waals surface area contributed by atoms with Crippen molar-refractivity contribution < 1.29 is 14.3 Å². The number of aromatic nitrogens is 1. The van der Waals surface area contributed by atoms with Crippen molar-refractivity contribution in [2.24, 2.45) is 0 Å². The second-order valence-corrected chi connectivity index (χ2v) is 7.02. The van der Waals surface area contributed by atoms with Gasteiger partial charge in [0.2, 0.25) is 5.91 Å². The molecule has 0 aliphatic carbocycles. The molecule has 28 heavy (non-hydrogen) atoms. The molecular formula is C21H19N3O3S. The molecule has 0 fully saturated rings. The molecule has 1 amide bonds. The van der Waals surface area contributed by atoms with Gasteiger partial charge in [0, 0.05) is 17.1 Å². The molecule has 0 atom stereocenters. The fraction of sp³-hybridized carbons (Fsp3) is 0.190. The van der Waals surface area contributed by atoms with Crippen LogP contribution in [0, 0.1) is 18.3 Å². The number of carbonyl (C=O) groups excluding carboxylic acids is 1. The van der Waals surface area contributed by atoms with Crippen molar-refractivity contribution in [2.45, 2.75) is 11.9 Å². The lowest BCUT2D eigenvalue weighted by Crippen LogP contribution is -2.14. The number of ether oxygens (including phenoxy) is 2. The van der Waals surface area contributed by atoms with E-state index in [1.54, 1.807) is 25.3 Å². The summed E-state index contributed by atoms with van der Waals surface area (Å²) in [5.41, 5.74) is 2.97. The molecule has 0 unspecified atom stereocenters. The Morgan fingerprint density at radius 3 is 2.64 bits per heavy atom. The number of methoxy groups -OCH3 is 2. The van der Waals surface area contributed by atoms with E-state index in [1.165, 1.54) is 18.9 Å². The van der Waals surface area contributed by atoms with Crippen LogP contribution >= 0.6 is 11.8 Å². The number of hydrogen-bond acceptors (Lipinski definition) is 6. The Balaban J connectivity index is 1.72. The number of benzene rings is 2. The number of carbonyl (C=O) groups is 1. The fourth-order valence-corrected chi connectivity index (χ4v) is 3.48. The zero-order valence-corrected chi connectivity index (χ0v) is 16.6. The molecule has 0 saturated carbocycles. The van der Waals surface area contributed by atoms with Crippen LogP contribution in [0.15, 0.2) is 47.5 Å². The highest BCUT2D eigenvalue weighted by molar-refractivity contribution is 8.00. The summed E-state index contributed by atoms with van der Waals surface area (Å²) in [6.45, 7) is 1.99. The van der Waals surface area contributed by atoms with E-state index in [1.807, 2.05) is 31.2 Å². The van der Waals surface area contributed by atoms with Gasteiger partial charge >= 0.3 is 0 Å². The zero-order valence-electron chi connectivity index (χ0n) is 15.8. The summed E-state index contributed by atoms with van der Waals surface area (Å²) in [7, 11) is 3.09. The molecule has 3 aromatic rings. The van der Waals surface area contributed by atoms with E-state index in [-0.39, 0.29) is 11.7 Å². The van der Waals surface area contributed by atoms with Crippen molar-refractivity contribution in [3.8, 4) is 17.6 Å². The van der Waals surface area contributed by atoms with Gasteiger partial charge < -0.3 is 14.8 Å². The SMILES string of the molecule is COc1ccc(NC(=O)CSc2nc3ccc(C)cc3cc2C#N)cc1OC. The molecule has 0 radical (unpaired) electrons. The number of nitriles is 1. The number of nitrogens with zero attached hydrogens (tertiary/aromatic N) is 2. The van der Waals surface area contributed by atoms with Crippen LogP contribution in [0.1, 0.15) is 11.1 Å². The summed E-state index contributed by atoms with van der Waals surface area (Å²) >= 11 is 1.23. The predicted octanol–water partition coefficient (Wildman–Crippen LogP) is 4.16. The Kier molecular flexibility index (Phi) is 6.02. The summed E-state index contributed by atoms with van der Waals surface area (Å²) in [6, 6.07) is 15.0. The standard InChI is InChI=1S/C21H19N3O3S/c1-13-4-6-17-14(8-13)9-15(11-22)21(24-17)28-12-20(25)23-16-5-7-18(26-2)19(10-16)27-3/h4-10H,12H2,1-3H3,(H,23,25). The third kappa shape index (κ3) is 4.35. The largest absolute Gasteiger partial charge is 0.493 e. The molecular weight excluding hydrogens is 374 g/mol. The minimum atomic E-state index is -0.202. The van der Waals surface area contributed by atoms with Crippen LogP contribution in [-0.4, -0.2) is 30.9 Å². The van der Waals surface area contributed by atoms with Crippen molar-refractivity contribution in [3.05, 3.63) is 53.6 Å². The van der Waals surface area contributed by atoms with E-state index in [0.29, 0.717) is 27.8 Å². The average Bonchev–Trinajstić information content (AvgIpc) is 2.71. The number of anilines is 1. The molecule has 1 heterocycles. The summed E-state index contributed by atoms with van der Waals surface area (Å²) in [5, 5.41) is 13.7. The van der Waals surface area contributed by atoms with Gasteiger partial charge in [-0.3, -0.25) is 4.79 Å². The predicted molar refractivity (Wildman–Crippen MR) is 110 cm³/mol. The first-order valence-corrected chi connectivity index (χ1v) is 9.49. The highest BCUT2D eigenvalue weighted by Crippen LogP contribution is 2.30. The lowest BCUT2D eigenvalue weighted by molar-refractivity contribution is -0.113. The number of aryl methyl sites for hydroxylation is 1. The first-order chi connectivity index (χ1) is 13.5. The first kappa shape index (κ1) is 19.5. The smallest absolute Gasteiger partial charge is 0.234 e. The second kappa shape index (κ2) is 8.63. The molecule has 0 bridgehead atoms. The van der Waals surface area contributed by atoms with E-state index < -0.39 is 0 Å². The maximum Gasteiger partial charge on any atom is 0.234 e. The number of thioether (sulfide) groups is 1. The van der Waals surface area contributed by atoms with Crippen molar-refractivity contribution in [1.82, 2.24) is 4.98 Å². The van der Waals surface area contributed by atoms with Crippen LogP contribution in [-0.2, 0) is 4.79 Å². The highest BCUT2D eigenvalue weighted by Gasteiger charge is 2.12. The van der Waals surface area contributed by atoms with Crippen LogP contribution in [0.4, 0.5) is 5.69 Å². The molecule has 0 aliphatic heterocycles. The Hall–Kier alpha value is -3.24. The number of hydrogen-bond donors (Lipinski definition) is 1. The Morgan fingerprint density at radius 2 is 1.93 bits per heavy atom. The first-order valence-electron chi connectivity index (χ1n) is 8.50. The zero-order chi connectivity index (χ0) is 20.1. The van der Waals surface area contributed by atoms with Gasteiger partial charge in [-0.05, 0) is 37.3 Å². The summed E-state index contributed by atoms with van der Waals surface area (Å²) in [5.74, 6) is 1.05. The van der Waals surface area contributed by atoms with Gasteiger partial charge in [0.05, 0.1) is 31.1 Å². The topological polar surface area (TPSA) is 84.2 Å². The fourth-order valence-electron chi connectivity index (χ4n) is 2.71. The molecule has 7 heteroatoms. The van der Waals surface area contributed by atoms with Crippen molar-refractivity contribution in [2.75, 3.05) is 25.3 Å². The highest BCUT2D eigenvalue weighted by atomic mass is 32.2. The molecule has 0 saturated heterocycles. The number of fused-ring (bicyclic) bond motifs is 1. The van der Waals surface area contributed by atoms with E-state index >= 15 is 0 Å². The van der Waals surface area contributed by atoms with Crippen LogP contribution in [0.3, 0.4) is 0 Å². The van der Waals surface area contributed by atoms with Crippen molar-refractivity contribution in [1.29, 1.82) is 5.26 Å². The molecule has 1 N–H and O–H groups in total. The summed E-state index contributed by atoms with van der Waals surface area (Å²) < 4.78 is 10.4. The van der Waals surface area contributed by atoms with Gasteiger partial charge in [0.1, 0.15) is 11.1 Å². The van der Waals surface area contributed by atoms with Crippen LogP contribution in [0.25, 0.3) is 10.9 Å². The molecule has 142 valence electrons. The quantitative estimate of drug-likeness (QED) is 0.633. The van der Waals surface area contributed by atoms with Gasteiger partial charge in [-0.25, -0.2) is 4.98 Å². The third-order valence-electron chi connectivity index (χ3n) is 4.06. The van der Waals surface area contributed by atoms with Crippen molar-refractivity contribution >= 4 is 34.3 Å². The number of pyridine rings is 1. The molecule has 1 aromatic heterocycles. The maximum absolute atomic E-state index is 12.3. The van der Waals surface area contributed by atoms with E-state index in [0.717, 1.165) is 16.5 Å². The van der Waals surface area contributed by atoms with Gasteiger partial charge in [-0.15, -0.1) is 0 Å². The number of nitrogens with one attached hydrogen (secondary N) is 1. The molecule has 0 aliphatic rings. The Labute approximate surface area is 167 Å². The minimum Gasteiger partial charge on any atom is -0.493 e. The van der Waals surface area contributed by atoms with E-state index in [2.05, 4.69) is 16.4 Å². The van der Waals surface area contributed by atoms with Gasteiger partial charge in [-0.2, -0.15) is 5.26 Å². The van der Waals surface area contributed by atoms with E-state index in [9.17, 15) is 10.1 Å². The lowest BCUT2D eigenvalue weighted by atomic mass is 10.1. The van der Waals surface area contributed by atoms with Gasteiger partial charge in [-0.1, -0.05) is 23.4 Å². The van der Waals surface area contributed by atoms with Crippen LogP contribution < -0.4 is 14.8 Å². The Morgan fingerprint density at radius 1 is 1.14 bits per heavy atom. The second-order valence-electron chi connectivity index (χ2n) is 6.06. The monoisotopic (exact) mass is 393 g/mol. The Bertz CT molecular complexity index is 1080. The van der Waals surface area contributed by atoms with Gasteiger partial charge in [0.15, 0.2) is 11.5 Å². The summed E-state index contributed by atoms with van der Waals surface area (Å²) in [6.07, 6.45) is 0. The normalized spacial score (nSPS) is 10.4. The number of amides is 1. The van der Waals surface area contributed by atoms with Crippen molar-refractivity contribution in [3.63, 3.8) is 0 Å². The van der Waals surface area contributed by atoms with E-state index in [4.69, 9.17) is 9.47 Å². The third-order valence-corrected chi connectivity index (χ3v) is 5.05. The molecule has 3 rings (SSSR count). The van der Waals surface area contributed by atoms with Gasteiger partial charge in [0.25, 0.3) is 0 Å². The lowest BCUT2D eigenvalue weighted by Gasteiger charge is -2.11.